The molecule has 0 saturated heterocycles. The minimum atomic E-state index is -0.821. The van der Waals surface area contributed by atoms with Crippen LogP contribution in [0.15, 0.2) is 0 Å². The van der Waals surface area contributed by atoms with E-state index in [0.29, 0.717) is 26.1 Å². The van der Waals surface area contributed by atoms with E-state index in [-0.39, 0.29) is 12.5 Å². The molecule has 0 spiro atoms. The van der Waals surface area contributed by atoms with Gasteiger partial charge in [0.1, 0.15) is 0 Å². The Morgan fingerprint density at radius 2 is 1.73 bits per heavy atom. The Hall–Kier alpha value is -1.26. The summed E-state index contributed by atoms with van der Waals surface area (Å²) in [6.45, 7) is 5.69. The zero-order valence-corrected chi connectivity index (χ0v) is 9.69. The van der Waals surface area contributed by atoms with Gasteiger partial charge in [-0.1, -0.05) is 0 Å². The molecule has 0 atom stereocenters. The van der Waals surface area contributed by atoms with Crippen LogP contribution in [0, 0.1) is 0 Å². The molecule has 0 saturated carbocycles. The van der Waals surface area contributed by atoms with Gasteiger partial charge >= 0.3 is 12.0 Å². The molecule has 0 aromatic heterocycles. The van der Waals surface area contributed by atoms with Crippen molar-refractivity contribution in [2.24, 2.45) is 0 Å². The molecule has 5 heteroatoms. The third kappa shape index (κ3) is 5.24. The predicted molar refractivity (Wildman–Crippen MR) is 57.8 cm³/mol. The van der Waals surface area contributed by atoms with Gasteiger partial charge in [-0.05, 0) is 20.3 Å². The monoisotopic (exact) mass is 216 g/mol. The van der Waals surface area contributed by atoms with Crippen molar-refractivity contribution in [1.29, 1.82) is 0 Å². The number of carbonyl (C=O) groups is 2. The summed E-state index contributed by atoms with van der Waals surface area (Å²) >= 11 is 0. The van der Waals surface area contributed by atoms with E-state index in [2.05, 4.69) is 0 Å². The van der Waals surface area contributed by atoms with Crippen LogP contribution in [0.25, 0.3) is 0 Å². The first-order valence-electron chi connectivity index (χ1n) is 5.24. The van der Waals surface area contributed by atoms with Crippen LogP contribution in [0.5, 0.6) is 0 Å². The minimum absolute atomic E-state index is 0.0367. The fourth-order valence-corrected chi connectivity index (χ4v) is 1.30. The third-order valence-corrected chi connectivity index (χ3v) is 2.24. The quantitative estimate of drug-likeness (QED) is 0.726. The number of carboxylic acids is 1. The van der Waals surface area contributed by atoms with Crippen LogP contribution in [-0.4, -0.2) is 53.6 Å². The smallest absolute Gasteiger partial charge is 0.319 e. The van der Waals surface area contributed by atoms with E-state index in [1.807, 2.05) is 13.8 Å². The maximum atomic E-state index is 11.7. The van der Waals surface area contributed by atoms with E-state index in [1.54, 1.807) is 16.8 Å². The molecular formula is C10H20N2O3. The summed E-state index contributed by atoms with van der Waals surface area (Å²) in [6, 6.07) is -0.0367. The number of hydrogen-bond donors (Lipinski definition) is 1. The van der Waals surface area contributed by atoms with Crippen LogP contribution < -0.4 is 0 Å². The zero-order chi connectivity index (χ0) is 11.8. The van der Waals surface area contributed by atoms with Gasteiger partial charge in [0.05, 0.1) is 0 Å². The number of hydrogen-bond acceptors (Lipinski definition) is 2. The summed E-state index contributed by atoms with van der Waals surface area (Å²) in [5.74, 6) is -0.821. The molecule has 2 amide bonds. The molecule has 0 bridgehead atoms. The molecular weight excluding hydrogens is 196 g/mol. The van der Waals surface area contributed by atoms with Gasteiger partial charge in [-0.25, -0.2) is 4.79 Å². The number of urea groups is 1. The lowest BCUT2D eigenvalue weighted by atomic mass is 10.3. The van der Waals surface area contributed by atoms with Gasteiger partial charge in [0.2, 0.25) is 0 Å². The molecule has 0 radical (unpaired) electrons. The Bertz CT molecular complexity index is 215. The summed E-state index contributed by atoms with van der Waals surface area (Å²) in [5.41, 5.74) is 0. The largest absolute Gasteiger partial charge is 0.481 e. The van der Waals surface area contributed by atoms with Gasteiger partial charge in [0, 0.05) is 33.1 Å². The standard InChI is InChI=1S/C10H20N2O3/c1-4-12(5-2)10(15)11(3)8-6-7-9(13)14/h4-8H2,1-3H3,(H,13,14). The number of nitrogens with zero attached hydrogens (tertiary/aromatic N) is 2. The topological polar surface area (TPSA) is 60.9 Å². The fourth-order valence-electron chi connectivity index (χ4n) is 1.30. The van der Waals surface area contributed by atoms with Crippen LogP contribution >= 0.6 is 0 Å². The maximum Gasteiger partial charge on any atom is 0.319 e. The summed E-state index contributed by atoms with van der Waals surface area (Å²) < 4.78 is 0. The highest BCUT2D eigenvalue weighted by atomic mass is 16.4. The van der Waals surface area contributed by atoms with Crippen molar-refractivity contribution >= 4 is 12.0 Å². The first-order valence-corrected chi connectivity index (χ1v) is 5.24. The van der Waals surface area contributed by atoms with Gasteiger partial charge in [-0.15, -0.1) is 0 Å². The van der Waals surface area contributed by atoms with Crippen LogP contribution in [0.3, 0.4) is 0 Å². The summed E-state index contributed by atoms with van der Waals surface area (Å²) in [6.07, 6.45) is 0.606. The first kappa shape index (κ1) is 13.7. The van der Waals surface area contributed by atoms with Crippen LogP contribution in [0.4, 0.5) is 4.79 Å². The van der Waals surface area contributed by atoms with Crippen molar-refractivity contribution in [2.75, 3.05) is 26.7 Å². The molecule has 0 unspecified atom stereocenters. The highest BCUT2D eigenvalue weighted by Gasteiger charge is 2.14. The Morgan fingerprint density at radius 1 is 1.20 bits per heavy atom. The molecule has 0 rings (SSSR count). The highest BCUT2D eigenvalue weighted by Crippen LogP contribution is 1.99. The summed E-state index contributed by atoms with van der Waals surface area (Å²) in [5, 5.41) is 8.45. The van der Waals surface area contributed by atoms with E-state index < -0.39 is 5.97 Å². The van der Waals surface area contributed by atoms with Gasteiger partial charge in [-0.3, -0.25) is 4.79 Å². The van der Waals surface area contributed by atoms with Crippen LogP contribution in [0.1, 0.15) is 26.7 Å². The molecule has 5 nitrogen and oxygen atoms in total. The van der Waals surface area contributed by atoms with E-state index in [1.165, 1.54) is 0 Å². The van der Waals surface area contributed by atoms with E-state index in [9.17, 15) is 9.59 Å². The number of carbonyl (C=O) groups excluding carboxylic acids is 1. The average molecular weight is 216 g/mol. The zero-order valence-electron chi connectivity index (χ0n) is 9.69. The molecule has 0 heterocycles. The predicted octanol–water partition coefficient (Wildman–Crippen LogP) is 1.24. The molecule has 0 aliphatic heterocycles. The third-order valence-electron chi connectivity index (χ3n) is 2.24. The van der Waals surface area contributed by atoms with Crippen molar-refractivity contribution in [3.63, 3.8) is 0 Å². The highest BCUT2D eigenvalue weighted by molar-refractivity contribution is 5.74. The van der Waals surface area contributed by atoms with Crippen molar-refractivity contribution in [3.8, 4) is 0 Å². The maximum absolute atomic E-state index is 11.7. The second kappa shape index (κ2) is 7.09. The van der Waals surface area contributed by atoms with Crippen molar-refractivity contribution in [3.05, 3.63) is 0 Å². The Kier molecular flexibility index (Phi) is 6.49. The Balaban J connectivity index is 3.92. The second-order valence-corrected chi connectivity index (χ2v) is 3.37. The minimum Gasteiger partial charge on any atom is -0.481 e. The summed E-state index contributed by atoms with van der Waals surface area (Å²) in [4.78, 5) is 25.2. The number of aliphatic carboxylic acids is 1. The number of carboxylic acid groups (broad SMARTS) is 1. The normalized spacial score (nSPS) is 9.80. The SMILES string of the molecule is CCN(CC)C(=O)N(C)CCCC(=O)O. The molecule has 0 aromatic carbocycles. The van der Waals surface area contributed by atoms with E-state index >= 15 is 0 Å². The Morgan fingerprint density at radius 3 is 2.13 bits per heavy atom. The average Bonchev–Trinajstić information content (AvgIpc) is 2.18. The molecule has 1 N–H and O–H groups in total. The molecule has 0 aliphatic carbocycles. The lowest BCUT2D eigenvalue weighted by Crippen LogP contribution is -2.41. The molecule has 15 heavy (non-hydrogen) atoms. The summed E-state index contributed by atoms with van der Waals surface area (Å²) in [7, 11) is 1.70. The first-order chi connectivity index (χ1) is 7.02. The van der Waals surface area contributed by atoms with Crippen LogP contribution in [0.2, 0.25) is 0 Å². The second-order valence-electron chi connectivity index (χ2n) is 3.37. The molecule has 0 aromatic rings. The van der Waals surface area contributed by atoms with Crippen molar-refractivity contribution < 1.29 is 14.7 Å². The van der Waals surface area contributed by atoms with Crippen molar-refractivity contribution in [2.45, 2.75) is 26.7 Å². The van der Waals surface area contributed by atoms with Crippen molar-refractivity contribution in [1.82, 2.24) is 9.80 Å². The number of rotatable bonds is 6. The lowest BCUT2D eigenvalue weighted by Gasteiger charge is -2.25. The lowest BCUT2D eigenvalue weighted by molar-refractivity contribution is -0.137. The molecule has 0 fully saturated rings. The molecule has 88 valence electrons. The van der Waals surface area contributed by atoms with E-state index in [0.717, 1.165) is 0 Å². The van der Waals surface area contributed by atoms with Gasteiger partial charge in [0.15, 0.2) is 0 Å². The van der Waals surface area contributed by atoms with Crippen LogP contribution in [-0.2, 0) is 4.79 Å². The van der Waals surface area contributed by atoms with Gasteiger partial charge in [-0.2, -0.15) is 0 Å². The van der Waals surface area contributed by atoms with Gasteiger partial charge in [0.25, 0.3) is 0 Å². The fraction of sp³-hybridized carbons (Fsp3) is 0.800. The molecule has 0 aliphatic rings. The van der Waals surface area contributed by atoms with E-state index in [4.69, 9.17) is 5.11 Å². The Labute approximate surface area is 90.7 Å². The van der Waals surface area contributed by atoms with Gasteiger partial charge < -0.3 is 14.9 Å². The number of amides is 2.